The summed E-state index contributed by atoms with van der Waals surface area (Å²) >= 11 is 0. The number of hydrogen-bond donors (Lipinski definition) is 1. The van der Waals surface area contributed by atoms with E-state index in [1.165, 1.54) is 32.1 Å². The van der Waals surface area contributed by atoms with Crippen molar-refractivity contribution in [2.75, 3.05) is 32.8 Å². The Balaban J connectivity index is 1.92. The van der Waals surface area contributed by atoms with Crippen molar-refractivity contribution in [2.45, 2.75) is 64.5 Å². The predicted octanol–water partition coefficient (Wildman–Crippen LogP) is 2.79. The van der Waals surface area contributed by atoms with Crippen molar-refractivity contribution in [3.05, 3.63) is 0 Å². The molecule has 2 aliphatic rings. The van der Waals surface area contributed by atoms with Crippen LogP contribution in [0.4, 0.5) is 4.79 Å². The summed E-state index contributed by atoms with van der Waals surface area (Å²) < 4.78 is 10.9. The maximum absolute atomic E-state index is 12.2. The molecule has 5 heteroatoms. The van der Waals surface area contributed by atoms with Crippen molar-refractivity contribution in [1.29, 1.82) is 0 Å². The molecule has 1 aliphatic heterocycles. The lowest BCUT2D eigenvalue weighted by molar-refractivity contribution is 0.0228. The number of hydrogen-bond acceptors (Lipinski definition) is 4. The predicted molar refractivity (Wildman–Crippen MR) is 87.0 cm³/mol. The lowest BCUT2D eigenvalue weighted by atomic mass is 9.83. The van der Waals surface area contributed by atoms with Crippen molar-refractivity contribution in [1.82, 2.24) is 10.2 Å². The molecule has 0 aromatic rings. The first kappa shape index (κ1) is 17.5. The van der Waals surface area contributed by atoms with E-state index < -0.39 is 5.60 Å². The summed E-state index contributed by atoms with van der Waals surface area (Å²) in [5.41, 5.74) is -0.444. The fourth-order valence-electron chi connectivity index (χ4n) is 3.37. The number of carbonyl (C=O) groups is 1. The van der Waals surface area contributed by atoms with Crippen molar-refractivity contribution in [2.24, 2.45) is 5.92 Å². The summed E-state index contributed by atoms with van der Waals surface area (Å²) in [6.07, 6.45) is 6.03. The molecule has 22 heavy (non-hydrogen) atoms. The molecule has 0 bridgehead atoms. The average molecular weight is 312 g/mol. The van der Waals surface area contributed by atoms with Crippen LogP contribution in [0.5, 0.6) is 0 Å². The topological polar surface area (TPSA) is 50.8 Å². The maximum atomic E-state index is 12.2. The minimum atomic E-state index is -0.444. The first-order chi connectivity index (χ1) is 10.4. The van der Waals surface area contributed by atoms with Crippen LogP contribution in [0.1, 0.15) is 52.9 Å². The molecular weight excluding hydrogens is 280 g/mol. The van der Waals surface area contributed by atoms with Crippen LogP contribution >= 0.6 is 0 Å². The van der Waals surface area contributed by atoms with Crippen LogP contribution in [0, 0.1) is 5.92 Å². The van der Waals surface area contributed by atoms with Gasteiger partial charge in [0, 0.05) is 25.7 Å². The third-order valence-electron chi connectivity index (χ3n) is 4.48. The highest BCUT2D eigenvalue weighted by atomic mass is 16.6. The van der Waals surface area contributed by atoms with Crippen molar-refractivity contribution in [3.63, 3.8) is 0 Å². The third kappa shape index (κ3) is 6.13. The molecular formula is C17H32N2O3. The molecule has 0 aromatic carbocycles. The summed E-state index contributed by atoms with van der Waals surface area (Å²) in [6.45, 7) is 10.1. The van der Waals surface area contributed by atoms with Crippen LogP contribution in [0.25, 0.3) is 0 Å². The molecule has 0 aromatic heterocycles. The van der Waals surface area contributed by atoms with Gasteiger partial charge < -0.3 is 14.8 Å². The first-order valence-electron chi connectivity index (χ1n) is 8.74. The minimum absolute atomic E-state index is 0.188. The quantitative estimate of drug-likeness (QED) is 0.867. The number of rotatable bonds is 4. The zero-order valence-corrected chi connectivity index (χ0v) is 14.4. The molecule has 0 spiro atoms. The van der Waals surface area contributed by atoms with Crippen LogP contribution in [0.3, 0.4) is 0 Å². The molecule has 128 valence electrons. The molecule has 1 heterocycles. The Labute approximate surface area is 134 Å². The highest BCUT2D eigenvalue weighted by molar-refractivity contribution is 5.68. The van der Waals surface area contributed by atoms with Crippen molar-refractivity contribution < 1.29 is 14.3 Å². The number of morpholine rings is 1. The second-order valence-corrected chi connectivity index (χ2v) is 7.56. The smallest absolute Gasteiger partial charge is 0.407 e. The summed E-state index contributed by atoms with van der Waals surface area (Å²) in [5.74, 6) is 0.573. The molecule has 1 saturated heterocycles. The first-order valence-corrected chi connectivity index (χ1v) is 8.74. The molecule has 1 amide bonds. The maximum Gasteiger partial charge on any atom is 0.407 e. The zero-order valence-electron chi connectivity index (χ0n) is 14.4. The Morgan fingerprint density at radius 1 is 1.23 bits per heavy atom. The average Bonchev–Trinajstić information content (AvgIpc) is 2.47. The van der Waals surface area contributed by atoms with Gasteiger partial charge >= 0.3 is 6.09 Å². The molecule has 1 N–H and O–H groups in total. The van der Waals surface area contributed by atoms with Crippen LogP contribution in [-0.2, 0) is 9.47 Å². The summed E-state index contributed by atoms with van der Waals surface area (Å²) in [5, 5.41) is 3.15. The third-order valence-corrected chi connectivity index (χ3v) is 4.48. The highest BCUT2D eigenvalue weighted by Gasteiger charge is 2.29. The molecule has 0 unspecified atom stereocenters. The van der Waals surface area contributed by atoms with Gasteiger partial charge in [-0.1, -0.05) is 19.3 Å². The van der Waals surface area contributed by atoms with Gasteiger partial charge in [0.25, 0.3) is 0 Å². The molecule has 2 rings (SSSR count). The summed E-state index contributed by atoms with van der Waals surface area (Å²) in [4.78, 5) is 14.6. The van der Waals surface area contributed by atoms with Gasteiger partial charge in [-0.15, -0.1) is 0 Å². The number of carbonyl (C=O) groups excluding carboxylic acids is 1. The Bertz CT molecular complexity index is 342. The van der Waals surface area contributed by atoms with Gasteiger partial charge in [0.05, 0.1) is 13.2 Å². The number of nitrogens with one attached hydrogen (secondary N) is 1. The molecule has 2 fully saturated rings. The molecule has 5 nitrogen and oxygen atoms in total. The van der Waals surface area contributed by atoms with E-state index in [1.54, 1.807) is 0 Å². The minimum Gasteiger partial charge on any atom is -0.444 e. The fraction of sp³-hybridized carbons (Fsp3) is 0.941. The monoisotopic (exact) mass is 312 g/mol. The van der Waals surface area contributed by atoms with Gasteiger partial charge in [-0.05, 0) is 39.5 Å². The largest absolute Gasteiger partial charge is 0.444 e. The number of ether oxygens (including phenoxy) is 2. The Hall–Kier alpha value is -0.810. The van der Waals surface area contributed by atoms with Crippen molar-refractivity contribution in [3.8, 4) is 0 Å². The number of nitrogens with zero attached hydrogens (tertiary/aromatic N) is 1. The highest BCUT2D eigenvalue weighted by Crippen LogP contribution is 2.27. The van der Waals surface area contributed by atoms with Gasteiger partial charge in [-0.2, -0.15) is 0 Å². The van der Waals surface area contributed by atoms with E-state index in [0.29, 0.717) is 5.92 Å². The Morgan fingerprint density at radius 3 is 2.45 bits per heavy atom. The standard InChI is InChI=1S/C17H32N2O3/c1-17(2,3)22-16(20)18-15(14-7-5-4-6-8-14)13-19-9-11-21-12-10-19/h14-15H,4-13H2,1-3H3,(H,18,20)/t15-/m1/s1. The lowest BCUT2D eigenvalue weighted by Gasteiger charge is -2.36. The van der Waals surface area contributed by atoms with E-state index in [9.17, 15) is 4.79 Å². The van der Waals surface area contributed by atoms with E-state index in [-0.39, 0.29) is 12.1 Å². The molecule has 1 aliphatic carbocycles. The normalized spacial score (nSPS) is 23.0. The van der Waals surface area contributed by atoms with Crippen LogP contribution < -0.4 is 5.32 Å². The van der Waals surface area contributed by atoms with Gasteiger partial charge in [0.15, 0.2) is 0 Å². The number of amides is 1. The van der Waals surface area contributed by atoms with E-state index in [4.69, 9.17) is 9.47 Å². The van der Waals surface area contributed by atoms with Crippen molar-refractivity contribution >= 4 is 6.09 Å². The van der Waals surface area contributed by atoms with Crippen LogP contribution in [0.2, 0.25) is 0 Å². The van der Waals surface area contributed by atoms with Crippen LogP contribution in [0.15, 0.2) is 0 Å². The Kier molecular flexibility index (Phi) is 6.50. The van der Waals surface area contributed by atoms with E-state index in [0.717, 1.165) is 32.8 Å². The zero-order chi connectivity index (χ0) is 16.0. The van der Waals surface area contributed by atoms with Gasteiger partial charge in [0.1, 0.15) is 5.60 Å². The van der Waals surface area contributed by atoms with E-state index in [1.807, 2.05) is 20.8 Å². The van der Waals surface area contributed by atoms with E-state index >= 15 is 0 Å². The second-order valence-electron chi connectivity index (χ2n) is 7.56. The fourth-order valence-corrected chi connectivity index (χ4v) is 3.37. The molecule has 1 atom stereocenters. The lowest BCUT2D eigenvalue weighted by Crippen LogP contribution is -2.51. The molecule has 0 radical (unpaired) electrons. The van der Waals surface area contributed by atoms with Gasteiger partial charge in [-0.3, -0.25) is 4.90 Å². The SMILES string of the molecule is CC(C)(C)OC(=O)N[C@H](CN1CCOCC1)C1CCCCC1. The van der Waals surface area contributed by atoms with E-state index in [2.05, 4.69) is 10.2 Å². The Morgan fingerprint density at radius 2 is 1.86 bits per heavy atom. The molecule has 1 saturated carbocycles. The summed E-state index contributed by atoms with van der Waals surface area (Å²) in [6, 6.07) is 0.188. The summed E-state index contributed by atoms with van der Waals surface area (Å²) in [7, 11) is 0. The van der Waals surface area contributed by atoms with Crippen LogP contribution in [-0.4, -0.2) is 55.5 Å². The second kappa shape index (κ2) is 8.16. The van der Waals surface area contributed by atoms with Gasteiger partial charge in [0.2, 0.25) is 0 Å². The number of alkyl carbamates (subject to hydrolysis) is 1. The van der Waals surface area contributed by atoms with Gasteiger partial charge in [-0.25, -0.2) is 4.79 Å².